The van der Waals surface area contributed by atoms with E-state index >= 15 is 0 Å². The summed E-state index contributed by atoms with van der Waals surface area (Å²) in [6.07, 6.45) is 0.816. The molecular formula is C20H23N2O4S2+. The number of Topliss-reactive ketones (excluding diaryl/α,β-unsaturated/α-hetero) is 1. The molecule has 8 heteroatoms. The molecule has 0 saturated carbocycles. The van der Waals surface area contributed by atoms with Crippen molar-refractivity contribution in [2.24, 2.45) is 0 Å². The standard InChI is InChI=1S/C20H22N2O4S2/c23-18(15-5-2-13-28-15)16-17(14-4-1-12-27-14)22(20(25)19(16)24)7-3-6-21-8-10-26-11-9-21/h1-2,4-5,12-13,17,24H,3,6-11H2/p+1. The van der Waals surface area contributed by atoms with Crippen LogP contribution in [0.2, 0.25) is 0 Å². The van der Waals surface area contributed by atoms with Gasteiger partial charge in [-0.3, -0.25) is 9.59 Å². The Labute approximate surface area is 171 Å². The number of rotatable bonds is 7. The van der Waals surface area contributed by atoms with Gasteiger partial charge in [0.15, 0.2) is 5.76 Å². The van der Waals surface area contributed by atoms with Gasteiger partial charge in [0.25, 0.3) is 5.91 Å². The van der Waals surface area contributed by atoms with Crippen molar-refractivity contribution in [2.75, 3.05) is 39.4 Å². The number of carbonyl (C=O) groups is 2. The molecule has 1 atom stereocenters. The van der Waals surface area contributed by atoms with E-state index < -0.39 is 17.7 Å². The maximum absolute atomic E-state index is 13.0. The lowest BCUT2D eigenvalue weighted by Gasteiger charge is -2.27. The number of ether oxygens (including phenoxy) is 1. The Bertz CT molecular complexity index is 855. The van der Waals surface area contributed by atoms with Gasteiger partial charge in [-0.25, -0.2) is 0 Å². The first-order valence-corrected chi connectivity index (χ1v) is 11.2. The van der Waals surface area contributed by atoms with Crippen molar-refractivity contribution < 1.29 is 24.3 Å². The number of morpholine rings is 1. The van der Waals surface area contributed by atoms with E-state index in [1.807, 2.05) is 22.9 Å². The molecule has 4 heterocycles. The smallest absolute Gasteiger partial charge is 0.290 e. The third kappa shape index (κ3) is 3.77. The van der Waals surface area contributed by atoms with E-state index in [1.165, 1.54) is 27.6 Å². The molecule has 2 aromatic rings. The van der Waals surface area contributed by atoms with Gasteiger partial charge in [-0.2, -0.15) is 0 Å². The first-order valence-electron chi connectivity index (χ1n) is 9.44. The summed E-state index contributed by atoms with van der Waals surface area (Å²) in [7, 11) is 0. The number of ketones is 1. The predicted octanol–water partition coefficient (Wildman–Crippen LogP) is 1.69. The molecule has 0 spiro atoms. The van der Waals surface area contributed by atoms with Crippen molar-refractivity contribution in [3.05, 3.63) is 56.1 Å². The fourth-order valence-electron chi connectivity index (χ4n) is 3.81. The topological polar surface area (TPSA) is 71.3 Å². The maximum atomic E-state index is 13.0. The second-order valence-corrected chi connectivity index (χ2v) is 8.88. The molecule has 2 N–H and O–H groups in total. The molecule has 1 amide bonds. The molecule has 2 aromatic heterocycles. The Kier molecular flexibility index (Phi) is 5.91. The normalized spacial score (nSPS) is 20.9. The van der Waals surface area contributed by atoms with Crippen molar-refractivity contribution in [2.45, 2.75) is 12.5 Å². The van der Waals surface area contributed by atoms with Crippen LogP contribution < -0.4 is 4.90 Å². The Morgan fingerprint density at radius 3 is 2.64 bits per heavy atom. The average molecular weight is 420 g/mol. The third-order valence-electron chi connectivity index (χ3n) is 5.24. The summed E-state index contributed by atoms with van der Waals surface area (Å²) in [5.74, 6) is -1.12. The first-order chi connectivity index (χ1) is 13.7. The molecule has 0 bridgehead atoms. The largest absolute Gasteiger partial charge is 0.503 e. The Hall–Kier alpha value is -2.00. The van der Waals surface area contributed by atoms with Crippen LogP contribution >= 0.6 is 22.7 Å². The van der Waals surface area contributed by atoms with Crippen molar-refractivity contribution >= 4 is 34.4 Å². The molecule has 2 aliphatic rings. The zero-order valence-corrected chi connectivity index (χ0v) is 17.1. The summed E-state index contributed by atoms with van der Waals surface area (Å²) in [5, 5.41) is 14.3. The fourth-order valence-corrected chi connectivity index (χ4v) is 5.33. The fraction of sp³-hybridized carbons (Fsp3) is 0.400. The highest BCUT2D eigenvalue weighted by Gasteiger charge is 2.44. The molecule has 4 rings (SSSR count). The summed E-state index contributed by atoms with van der Waals surface area (Å²) >= 11 is 2.82. The van der Waals surface area contributed by atoms with Gasteiger partial charge in [-0.1, -0.05) is 12.1 Å². The van der Waals surface area contributed by atoms with Crippen molar-refractivity contribution in [3.63, 3.8) is 0 Å². The third-order valence-corrected chi connectivity index (χ3v) is 7.03. The van der Waals surface area contributed by atoms with Crippen LogP contribution in [0.25, 0.3) is 0 Å². The number of quaternary nitrogens is 1. The van der Waals surface area contributed by atoms with Gasteiger partial charge in [0.2, 0.25) is 5.78 Å². The lowest BCUT2D eigenvalue weighted by molar-refractivity contribution is -0.908. The molecule has 1 saturated heterocycles. The molecule has 0 aromatic carbocycles. The van der Waals surface area contributed by atoms with E-state index in [4.69, 9.17) is 4.74 Å². The quantitative estimate of drug-likeness (QED) is 0.670. The van der Waals surface area contributed by atoms with Crippen LogP contribution in [-0.4, -0.2) is 61.1 Å². The minimum Gasteiger partial charge on any atom is -0.503 e. The molecule has 0 aliphatic carbocycles. The second kappa shape index (κ2) is 8.57. The Morgan fingerprint density at radius 1 is 1.21 bits per heavy atom. The first kappa shape index (κ1) is 19.3. The second-order valence-electron chi connectivity index (χ2n) is 6.95. The monoisotopic (exact) mass is 419 g/mol. The number of hydrogen-bond donors (Lipinski definition) is 2. The van der Waals surface area contributed by atoms with Crippen LogP contribution in [0.3, 0.4) is 0 Å². The van der Waals surface area contributed by atoms with E-state index in [9.17, 15) is 14.7 Å². The van der Waals surface area contributed by atoms with E-state index in [1.54, 1.807) is 17.0 Å². The lowest BCUT2D eigenvalue weighted by Crippen LogP contribution is -3.14. The molecule has 6 nitrogen and oxygen atoms in total. The van der Waals surface area contributed by atoms with E-state index in [0.29, 0.717) is 11.4 Å². The van der Waals surface area contributed by atoms with E-state index in [-0.39, 0.29) is 11.4 Å². The Balaban J connectivity index is 1.54. The summed E-state index contributed by atoms with van der Waals surface area (Å²) in [6, 6.07) is 6.84. The molecule has 2 aliphatic heterocycles. The number of aliphatic hydroxyl groups excluding tert-OH is 1. The van der Waals surface area contributed by atoms with Crippen molar-refractivity contribution in [1.29, 1.82) is 0 Å². The highest BCUT2D eigenvalue weighted by Crippen LogP contribution is 2.41. The van der Waals surface area contributed by atoms with Gasteiger partial charge in [-0.15, -0.1) is 22.7 Å². The number of nitrogens with zero attached hydrogens (tertiary/aromatic N) is 1. The number of nitrogens with one attached hydrogen (secondary N) is 1. The van der Waals surface area contributed by atoms with Crippen LogP contribution in [0.5, 0.6) is 0 Å². The number of amides is 1. The summed E-state index contributed by atoms with van der Waals surface area (Å²) in [4.78, 5) is 30.4. The maximum Gasteiger partial charge on any atom is 0.290 e. The zero-order chi connectivity index (χ0) is 19.5. The van der Waals surface area contributed by atoms with Gasteiger partial charge in [-0.05, 0) is 22.9 Å². The van der Waals surface area contributed by atoms with Crippen molar-refractivity contribution in [1.82, 2.24) is 4.90 Å². The number of carbonyl (C=O) groups excluding carboxylic acids is 2. The van der Waals surface area contributed by atoms with E-state index in [0.717, 1.165) is 44.1 Å². The minimum atomic E-state index is -0.512. The van der Waals surface area contributed by atoms with E-state index in [2.05, 4.69) is 0 Å². The van der Waals surface area contributed by atoms with Crippen LogP contribution in [0.15, 0.2) is 46.4 Å². The number of hydrogen-bond acceptors (Lipinski definition) is 6. The molecule has 148 valence electrons. The summed E-state index contributed by atoms with van der Waals surface area (Å²) in [6.45, 7) is 4.97. The Morgan fingerprint density at radius 2 is 1.96 bits per heavy atom. The average Bonchev–Trinajstić information content (AvgIpc) is 3.46. The molecule has 28 heavy (non-hydrogen) atoms. The predicted molar refractivity (Wildman–Crippen MR) is 108 cm³/mol. The summed E-state index contributed by atoms with van der Waals surface area (Å²) in [5.41, 5.74) is 0.202. The molecule has 1 unspecified atom stereocenters. The van der Waals surface area contributed by atoms with Gasteiger partial charge in [0.1, 0.15) is 13.1 Å². The summed E-state index contributed by atoms with van der Waals surface area (Å²) < 4.78 is 5.39. The van der Waals surface area contributed by atoms with Crippen LogP contribution in [0.4, 0.5) is 0 Å². The van der Waals surface area contributed by atoms with Crippen LogP contribution in [0, 0.1) is 0 Å². The zero-order valence-electron chi connectivity index (χ0n) is 15.4. The molecule has 1 fully saturated rings. The van der Waals surface area contributed by atoms with Gasteiger partial charge in [0, 0.05) is 17.8 Å². The SMILES string of the molecule is O=C(C1=C(O)C(=O)N(CCC[NH+]2CCOCC2)C1c1cccs1)c1cccs1. The number of thiophene rings is 2. The van der Waals surface area contributed by atoms with Gasteiger partial charge < -0.3 is 19.6 Å². The highest BCUT2D eigenvalue weighted by atomic mass is 32.1. The molecular weight excluding hydrogens is 396 g/mol. The number of aliphatic hydroxyl groups is 1. The van der Waals surface area contributed by atoms with Crippen LogP contribution in [-0.2, 0) is 9.53 Å². The highest BCUT2D eigenvalue weighted by molar-refractivity contribution is 7.12. The van der Waals surface area contributed by atoms with Crippen LogP contribution in [0.1, 0.15) is 27.0 Å². The van der Waals surface area contributed by atoms with Gasteiger partial charge in [0.05, 0.1) is 36.3 Å². The minimum absolute atomic E-state index is 0.202. The molecule has 0 radical (unpaired) electrons. The lowest BCUT2D eigenvalue weighted by atomic mass is 10.0. The van der Waals surface area contributed by atoms with Gasteiger partial charge >= 0.3 is 0 Å². The van der Waals surface area contributed by atoms with Crippen molar-refractivity contribution in [3.8, 4) is 0 Å².